The number of carbonyl (C=O) groups excluding carboxylic acids is 1. The van der Waals surface area contributed by atoms with E-state index in [1.165, 1.54) is 27.6 Å². The SMILES string of the molecule is CCN(CC)C(=O)C1C=C2c3cccc4[nH]cc(c34)CC2NC1. The van der Waals surface area contributed by atoms with Crippen LogP contribution >= 0.6 is 0 Å². The highest BCUT2D eigenvalue weighted by atomic mass is 16.2. The summed E-state index contributed by atoms with van der Waals surface area (Å²) in [5, 5.41) is 4.93. The third-order valence-electron chi connectivity index (χ3n) is 5.26. The maximum atomic E-state index is 12.7. The lowest BCUT2D eigenvalue weighted by Gasteiger charge is -2.34. The molecule has 2 heterocycles. The summed E-state index contributed by atoms with van der Waals surface area (Å²) in [6.45, 7) is 6.37. The zero-order chi connectivity index (χ0) is 16.0. The molecule has 2 unspecified atom stereocenters. The van der Waals surface area contributed by atoms with Gasteiger partial charge in [0.25, 0.3) is 0 Å². The van der Waals surface area contributed by atoms with E-state index < -0.39 is 0 Å². The summed E-state index contributed by atoms with van der Waals surface area (Å²) in [6, 6.07) is 6.73. The molecule has 120 valence electrons. The maximum absolute atomic E-state index is 12.7. The van der Waals surface area contributed by atoms with Crippen molar-refractivity contribution in [2.24, 2.45) is 5.92 Å². The Morgan fingerprint density at radius 3 is 2.91 bits per heavy atom. The first-order chi connectivity index (χ1) is 11.2. The van der Waals surface area contributed by atoms with Crippen molar-refractivity contribution in [1.82, 2.24) is 15.2 Å². The molecule has 23 heavy (non-hydrogen) atoms. The van der Waals surface area contributed by atoms with Crippen molar-refractivity contribution < 1.29 is 4.79 Å². The van der Waals surface area contributed by atoms with Gasteiger partial charge in [0.15, 0.2) is 0 Å². The van der Waals surface area contributed by atoms with Crippen molar-refractivity contribution in [3.05, 3.63) is 41.6 Å². The lowest BCUT2D eigenvalue weighted by atomic mass is 9.80. The minimum Gasteiger partial charge on any atom is -0.361 e. The summed E-state index contributed by atoms with van der Waals surface area (Å²) in [5.74, 6) is 0.178. The highest BCUT2D eigenvalue weighted by molar-refractivity contribution is 5.99. The van der Waals surface area contributed by atoms with Crippen LogP contribution in [0.5, 0.6) is 0 Å². The van der Waals surface area contributed by atoms with E-state index in [1.807, 2.05) is 18.7 Å². The van der Waals surface area contributed by atoms with Crippen molar-refractivity contribution in [3.63, 3.8) is 0 Å². The molecule has 1 amide bonds. The number of aromatic amines is 1. The molecule has 0 bridgehead atoms. The third kappa shape index (κ3) is 2.20. The normalized spacial score (nSPS) is 22.6. The number of aromatic nitrogens is 1. The van der Waals surface area contributed by atoms with E-state index in [1.54, 1.807) is 0 Å². The van der Waals surface area contributed by atoms with E-state index in [0.717, 1.165) is 26.1 Å². The average molecular weight is 309 g/mol. The minimum absolute atomic E-state index is 0.0584. The van der Waals surface area contributed by atoms with Crippen molar-refractivity contribution >= 4 is 22.4 Å². The van der Waals surface area contributed by atoms with Gasteiger partial charge < -0.3 is 15.2 Å². The highest BCUT2D eigenvalue weighted by Crippen LogP contribution is 2.38. The molecule has 2 N–H and O–H groups in total. The van der Waals surface area contributed by atoms with Crippen LogP contribution < -0.4 is 5.32 Å². The summed E-state index contributed by atoms with van der Waals surface area (Å²) in [4.78, 5) is 18.0. The van der Waals surface area contributed by atoms with E-state index >= 15 is 0 Å². The molecule has 0 spiro atoms. The van der Waals surface area contributed by atoms with Crippen molar-refractivity contribution in [2.45, 2.75) is 26.3 Å². The Bertz CT molecular complexity index is 785. The lowest BCUT2D eigenvalue weighted by molar-refractivity contribution is -0.133. The molecule has 1 aliphatic heterocycles. The summed E-state index contributed by atoms with van der Waals surface area (Å²) >= 11 is 0. The number of H-pyrrole nitrogens is 1. The fourth-order valence-corrected chi connectivity index (χ4v) is 4.04. The van der Waals surface area contributed by atoms with Crippen LogP contribution in [0.2, 0.25) is 0 Å². The molecule has 1 aromatic heterocycles. The maximum Gasteiger partial charge on any atom is 0.230 e. The molecule has 1 aliphatic carbocycles. The van der Waals surface area contributed by atoms with Gasteiger partial charge in [0.05, 0.1) is 5.92 Å². The second-order valence-electron chi connectivity index (χ2n) is 6.45. The van der Waals surface area contributed by atoms with Gasteiger partial charge in [-0.2, -0.15) is 0 Å². The van der Waals surface area contributed by atoms with Gasteiger partial charge in [0.2, 0.25) is 5.91 Å². The molecule has 0 radical (unpaired) electrons. The topological polar surface area (TPSA) is 48.1 Å². The first-order valence-electron chi connectivity index (χ1n) is 8.56. The molecule has 2 aromatic rings. The van der Waals surface area contributed by atoms with E-state index in [4.69, 9.17) is 0 Å². The fourth-order valence-electron chi connectivity index (χ4n) is 4.04. The van der Waals surface area contributed by atoms with Crippen LogP contribution in [0.1, 0.15) is 25.0 Å². The number of hydrogen-bond acceptors (Lipinski definition) is 2. The molecule has 4 nitrogen and oxygen atoms in total. The Morgan fingerprint density at radius 1 is 1.30 bits per heavy atom. The van der Waals surface area contributed by atoms with E-state index in [2.05, 4.69) is 40.8 Å². The van der Waals surface area contributed by atoms with Crippen LogP contribution in [0.4, 0.5) is 0 Å². The van der Waals surface area contributed by atoms with Gasteiger partial charge in [0.1, 0.15) is 0 Å². The molecule has 4 heteroatoms. The van der Waals surface area contributed by atoms with Gasteiger partial charge in [-0.25, -0.2) is 0 Å². The number of nitrogens with one attached hydrogen (secondary N) is 2. The van der Waals surface area contributed by atoms with Crippen molar-refractivity contribution in [1.29, 1.82) is 0 Å². The van der Waals surface area contributed by atoms with Crippen molar-refractivity contribution in [3.8, 4) is 0 Å². The zero-order valence-corrected chi connectivity index (χ0v) is 13.7. The summed E-state index contributed by atoms with van der Waals surface area (Å²) < 4.78 is 0. The minimum atomic E-state index is -0.0584. The van der Waals surface area contributed by atoms with Crippen LogP contribution in [0.25, 0.3) is 16.5 Å². The smallest absolute Gasteiger partial charge is 0.230 e. The largest absolute Gasteiger partial charge is 0.361 e. The standard InChI is InChI=1S/C19H23N3O/c1-3-22(4-2)19(23)13-8-15-14-6-5-7-16-18(14)12(10-20-16)9-17(15)21-11-13/h5-8,10,13,17,20-21H,3-4,9,11H2,1-2H3. The number of carbonyl (C=O) groups is 1. The van der Waals surface area contributed by atoms with Gasteiger partial charge in [-0.15, -0.1) is 0 Å². The molecule has 2 atom stereocenters. The van der Waals surface area contributed by atoms with Gasteiger partial charge in [-0.1, -0.05) is 18.2 Å². The van der Waals surface area contributed by atoms with Crippen molar-refractivity contribution in [2.75, 3.05) is 19.6 Å². The van der Waals surface area contributed by atoms with E-state index in [-0.39, 0.29) is 11.8 Å². The monoisotopic (exact) mass is 309 g/mol. The van der Waals surface area contributed by atoms with E-state index in [9.17, 15) is 4.79 Å². The van der Waals surface area contributed by atoms with Gasteiger partial charge in [0, 0.05) is 42.8 Å². The molecule has 4 rings (SSSR count). The van der Waals surface area contributed by atoms with Gasteiger partial charge >= 0.3 is 0 Å². The Kier molecular flexibility index (Phi) is 3.49. The summed E-state index contributed by atoms with van der Waals surface area (Å²) in [7, 11) is 0. The van der Waals surface area contributed by atoms with Crippen LogP contribution in [0, 0.1) is 5.92 Å². The number of benzene rings is 1. The predicted molar refractivity (Wildman–Crippen MR) is 93.2 cm³/mol. The van der Waals surface area contributed by atoms with E-state index in [0.29, 0.717) is 6.04 Å². The summed E-state index contributed by atoms with van der Waals surface area (Å²) in [5.41, 5.74) is 5.13. The number of hydrogen-bond donors (Lipinski definition) is 2. The first-order valence-corrected chi connectivity index (χ1v) is 8.56. The quantitative estimate of drug-likeness (QED) is 0.915. The fraction of sp³-hybridized carbons (Fsp3) is 0.421. The Balaban J connectivity index is 1.76. The third-order valence-corrected chi connectivity index (χ3v) is 5.26. The van der Waals surface area contributed by atoms with Gasteiger partial charge in [-0.05, 0) is 43.0 Å². The molecule has 2 aliphatic rings. The average Bonchev–Trinajstić information content (AvgIpc) is 3.00. The zero-order valence-electron chi connectivity index (χ0n) is 13.7. The van der Waals surface area contributed by atoms with Crippen LogP contribution in [-0.4, -0.2) is 41.5 Å². The summed E-state index contributed by atoms with van der Waals surface area (Å²) in [6.07, 6.45) is 5.33. The molecular formula is C19H23N3O. The van der Waals surface area contributed by atoms with Gasteiger partial charge in [-0.3, -0.25) is 4.79 Å². The first kappa shape index (κ1) is 14.5. The molecule has 0 fully saturated rings. The molecular weight excluding hydrogens is 286 g/mol. The Hall–Kier alpha value is -2.07. The Labute approximate surface area is 136 Å². The molecule has 0 saturated carbocycles. The second-order valence-corrected chi connectivity index (χ2v) is 6.45. The lowest BCUT2D eigenvalue weighted by Crippen LogP contribution is -2.46. The second kappa shape index (κ2) is 5.53. The number of nitrogens with zero attached hydrogens (tertiary/aromatic N) is 1. The van der Waals surface area contributed by atoms with Crippen LogP contribution in [0.15, 0.2) is 30.5 Å². The predicted octanol–water partition coefficient (Wildman–Crippen LogP) is 2.56. The highest BCUT2D eigenvalue weighted by Gasteiger charge is 2.33. The number of rotatable bonds is 3. The number of fused-ring (bicyclic) bond motifs is 2. The van der Waals surface area contributed by atoms with Crippen LogP contribution in [-0.2, 0) is 11.2 Å². The van der Waals surface area contributed by atoms with Crippen LogP contribution in [0.3, 0.4) is 0 Å². The molecule has 0 saturated heterocycles. The molecule has 1 aromatic carbocycles. The number of amides is 1. The Morgan fingerprint density at radius 2 is 2.13 bits per heavy atom.